The third-order valence-corrected chi connectivity index (χ3v) is 6.09. The highest BCUT2D eigenvalue weighted by Crippen LogP contribution is 2.12. The Kier molecular flexibility index (Phi) is 10.3. The molecular formula is C25H33N3O3S. The van der Waals surface area contributed by atoms with Gasteiger partial charge in [-0.2, -0.15) is 12.6 Å². The number of carbonyl (C=O) groups excluding carboxylic acids is 3. The lowest BCUT2D eigenvalue weighted by Gasteiger charge is -2.24. The van der Waals surface area contributed by atoms with E-state index in [1.54, 1.807) is 0 Å². The molecule has 3 N–H and O–H groups in total. The maximum atomic E-state index is 13.2. The van der Waals surface area contributed by atoms with E-state index in [1.807, 2.05) is 74.5 Å². The molecule has 0 aliphatic carbocycles. The predicted molar refractivity (Wildman–Crippen MR) is 130 cm³/mol. The van der Waals surface area contributed by atoms with Crippen molar-refractivity contribution in [1.82, 2.24) is 16.0 Å². The van der Waals surface area contributed by atoms with Crippen LogP contribution in [-0.4, -0.2) is 42.1 Å². The molecule has 0 radical (unpaired) electrons. The second-order valence-electron chi connectivity index (χ2n) is 8.14. The van der Waals surface area contributed by atoms with E-state index in [2.05, 4.69) is 28.6 Å². The maximum Gasteiger partial charge on any atom is 0.243 e. The number of thiol groups is 1. The van der Waals surface area contributed by atoms with Crippen LogP contribution in [0.5, 0.6) is 0 Å². The summed E-state index contributed by atoms with van der Waals surface area (Å²) in [7, 11) is 1.54. The van der Waals surface area contributed by atoms with Crippen LogP contribution in [0.2, 0.25) is 0 Å². The second-order valence-corrected chi connectivity index (χ2v) is 8.70. The van der Waals surface area contributed by atoms with Crippen molar-refractivity contribution >= 4 is 30.4 Å². The zero-order valence-electron chi connectivity index (χ0n) is 18.9. The average molecular weight is 456 g/mol. The lowest BCUT2D eigenvalue weighted by molar-refractivity contribution is -0.132. The van der Waals surface area contributed by atoms with E-state index in [1.165, 1.54) is 7.05 Å². The molecule has 3 amide bonds. The number of hydrogen-bond donors (Lipinski definition) is 4. The molecule has 7 heteroatoms. The first-order chi connectivity index (χ1) is 15.3. The molecule has 0 aliphatic rings. The van der Waals surface area contributed by atoms with Crippen molar-refractivity contribution in [3.63, 3.8) is 0 Å². The summed E-state index contributed by atoms with van der Waals surface area (Å²) in [5.41, 5.74) is 2.00. The molecule has 6 nitrogen and oxygen atoms in total. The van der Waals surface area contributed by atoms with Gasteiger partial charge in [0.1, 0.15) is 12.1 Å². The Morgan fingerprint density at radius 3 is 1.84 bits per heavy atom. The van der Waals surface area contributed by atoms with Crippen molar-refractivity contribution in [1.29, 1.82) is 0 Å². The summed E-state index contributed by atoms with van der Waals surface area (Å²) in [5.74, 6) is -0.948. The van der Waals surface area contributed by atoms with E-state index >= 15 is 0 Å². The minimum atomic E-state index is -0.779. The highest BCUT2D eigenvalue weighted by Gasteiger charge is 2.28. The Hall–Kier alpha value is -2.80. The number of rotatable bonds is 11. The molecule has 0 saturated heterocycles. The van der Waals surface area contributed by atoms with Gasteiger partial charge in [-0.25, -0.2) is 0 Å². The molecule has 0 spiro atoms. The van der Waals surface area contributed by atoms with Crippen LogP contribution in [0.1, 0.15) is 31.4 Å². The van der Waals surface area contributed by atoms with E-state index < -0.39 is 17.3 Å². The van der Waals surface area contributed by atoms with Crippen LogP contribution in [0.25, 0.3) is 0 Å². The van der Waals surface area contributed by atoms with Crippen LogP contribution in [-0.2, 0) is 27.2 Å². The van der Waals surface area contributed by atoms with Crippen LogP contribution >= 0.6 is 12.6 Å². The van der Waals surface area contributed by atoms with Gasteiger partial charge in [-0.05, 0) is 29.9 Å². The zero-order valence-corrected chi connectivity index (χ0v) is 19.8. The Morgan fingerprint density at radius 1 is 0.781 bits per heavy atom. The van der Waals surface area contributed by atoms with Crippen LogP contribution < -0.4 is 16.0 Å². The van der Waals surface area contributed by atoms with Crippen molar-refractivity contribution in [3.8, 4) is 0 Å². The number of nitrogens with one attached hydrogen (secondary N) is 3. The SMILES string of the molecule is CNC(=O)C(Cc1ccccc1)NC(=O)C(CCc1ccccc1)NC(=O)C(S)C(C)C. The highest BCUT2D eigenvalue weighted by molar-refractivity contribution is 7.81. The number of carbonyl (C=O) groups is 3. The van der Waals surface area contributed by atoms with Crippen LogP contribution in [0.4, 0.5) is 0 Å². The van der Waals surface area contributed by atoms with Gasteiger partial charge in [0, 0.05) is 13.5 Å². The van der Waals surface area contributed by atoms with E-state index in [9.17, 15) is 14.4 Å². The van der Waals surface area contributed by atoms with Gasteiger partial charge in [0.25, 0.3) is 0 Å². The van der Waals surface area contributed by atoms with Gasteiger partial charge in [0.15, 0.2) is 0 Å². The summed E-state index contributed by atoms with van der Waals surface area (Å²) in [6.07, 6.45) is 1.38. The summed E-state index contributed by atoms with van der Waals surface area (Å²) >= 11 is 4.38. The second kappa shape index (κ2) is 12.9. The molecule has 0 heterocycles. The van der Waals surface area contributed by atoms with Crippen molar-refractivity contribution in [2.75, 3.05) is 7.05 Å². The van der Waals surface area contributed by atoms with E-state index in [4.69, 9.17) is 0 Å². The Balaban J connectivity index is 2.15. The average Bonchev–Trinajstić information content (AvgIpc) is 2.81. The number of likely N-dealkylation sites (N-methyl/N-ethyl adjacent to an activating group) is 1. The number of aryl methyl sites for hydroxylation is 1. The Labute approximate surface area is 196 Å². The fourth-order valence-corrected chi connectivity index (χ4v) is 3.36. The largest absolute Gasteiger partial charge is 0.357 e. The first-order valence-corrected chi connectivity index (χ1v) is 11.4. The van der Waals surface area contributed by atoms with Crippen LogP contribution in [0.15, 0.2) is 60.7 Å². The molecular weight excluding hydrogens is 422 g/mol. The predicted octanol–water partition coefficient (Wildman–Crippen LogP) is 2.53. The fourth-order valence-electron chi connectivity index (χ4n) is 3.29. The molecule has 2 aromatic rings. The third-order valence-electron chi connectivity index (χ3n) is 5.26. The smallest absolute Gasteiger partial charge is 0.243 e. The quantitative estimate of drug-likeness (QED) is 0.393. The Morgan fingerprint density at radius 2 is 1.31 bits per heavy atom. The van der Waals surface area contributed by atoms with Gasteiger partial charge >= 0.3 is 0 Å². The Bertz CT molecular complexity index is 875. The molecule has 0 fully saturated rings. The van der Waals surface area contributed by atoms with Gasteiger partial charge < -0.3 is 16.0 Å². The van der Waals surface area contributed by atoms with Gasteiger partial charge in [-0.15, -0.1) is 0 Å². The minimum absolute atomic E-state index is 0.0212. The molecule has 172 valence electrons. The standard InChI is InChI=1S/C25H33N3O3S/c1-17(2)22(32)25(31)27-20(15-14-18-10-6-4-7-11-18)24(30)28-21(23(29)26-3)16-19-12-8-5-9-13-19/h4-13,17,20-22,32H,14-16H2,1-3H3,(H,26,29)(H,27,31)(H,28,30). The lowest BCUT2D eigenvalue weighted by atomic mass is 10.0. The molecule has 2 rings (SSSR count). The zero-order chi connectivity index (χ0) is 23.5. The van der Waals surface area contributed by atoms with Crippen molar-refractivity contribution in [2.24, 2.45) is 5.92 Å². The molecule has 0 bridgehead atoms. The van der Waals surface area contributed by atoms with E-state index in [0.717, 1.165) is 11.1 Å². The van der Waals surface area contributed by atoms with E-state index in [0.29, 0.717) is 19.3 Å². The van der Waals surface area contributed by atoms with Gasteiger partial charge in [0.05, 0.1) is 5.25 Å². The topological polar surface area (TPSA) is 87.3 Å². The van der Waals surface area contributed by atoms with E-state index in [-0.39, 0.29) is 23.6 Å². The highest BCUT2D eigenvalue weighted by atomic mass is 32.1. The van der Waals surface area contributed by atoms with Crippen molar-refractivity contribution < 1.29 is 14.4 Å². The molecule has 0 aliphatic heterocycles. The molecule has 0 aromatic heterocycles. The van der Waals surface area contributed by atoms with Crippen molar-refractivity contribution in [2.45, 2.75) is 50.4 Å². The lowest BCUT2D eigenvalue weighted by Crippen LogP contribution is -2.55. The molecule has 32 heavy (non-hydrogen) atoms. The minimum Gasteiger partial charge on any atom is -0.357 e. The third kappa shape index (κ3) is 8.04. The molecule has 0 saturated carbocycles. The molecule has 3 atom stereocenters. The fraction of sp³-hybridized carbons (Fsp3) is 0.400. The van der Waals surface area contributed by atoms with Gasteiger partial charge in [-0.1, -0.05) is 74.5 Å². The summed E-state index contributed by atoms with van der Waals surface area (Å²) in [4.78, 5) is 38.3. The monoisotopic (exact) mass is 455 g/mol. The molecule has 3 unspecified atom stereocenters. The summed E-state index contributed by atoms with van der Waals surface area (Å²) in [6.45, 7) is 3.80. The van der Waals surface area contributed by atoms with Gasteiger partial charge in [-0.3, -0.25) is 14.4 Å². The number of hydrogen-bond acceptors (Lipinski definition) is 4. The maximum absolute atomic E-state index is 13.2. The summed E-state index contributed by atoms with van der Waals surface area (Å²) in [5, 5.41) is 7.75. The summed E-state index contributed by atoms with van der Waals surface area (Å²) in [6, 6.07) is 17.7. The first kappa shape index (κ1) is 25.5. The normalized spacial score (nSPS) is 13.7. The van der Waals surface area contributed by atoms with Crippen LogP contribution in [0.3, 0.4) is 0 Å². The van der Waals surface area contributed by atoms with Crippen molar-refractivity contribution in [3.05, 3.63) is 71.8 Å². The summed E-state index contributed by atoms with van der Waals surface area (Å²) < 4.78 is 0. The molecule has 2 aromatic carbocycles. The number of amides is 3. The van der Waals surface area contributed by atoms with Crippen LogP contribution in [0, 0.1) is 5.92 Å². The number of benzene rings is 2. The first-order valence-electron chi connectivity index (χ1n) is 10.9. The van der Waals surface area contributed by atoms with Gasteiger partial charge in [0.2, 0.25) is 17.7 Å².